The molecule has 0 saturated carbocycles. The maximum absolute atomic E-state index is 11.9. The Kier molecular flexibility index (Phi) is 2.85. The number of imidazole rings is 1. The van der Waals surface area contributed by atoms with Crippen LogP contribution >= 0.6 is 0 Å². The van der Waals surface area contributed by atoms with Crippen molar-refractivity contribution in [3.63, 3.8) is 0 Å². The van der Waals surface area contributed by atoms with E-state index in [0.29, 0.717) is 25.5 Å². The first-order chi connectivity index (χ1) is 8.83. The van der Waals surface area contributed by atoms with Crippen LogP contribution in [0.4, 0.5) is 0 Å². The fraction of sp³-hybridized carbons (Fsp3) is 0.333. The summed E-state index contributed by atoms with van der Waals surface area (Å²) in [6.45, 7) is 2.24. The minimum atomic E-state index is -0.201. The Morgan fingerprint density at radius 2 is 2.50 bits per heavy atom. The molecule has 3 heterocycles. The van der Waals surface area contributed by atoms with Crippen LogP contribution in [-0.2, 0) is 24.4 Å². The molecule has 0 saturated heterocycles. The minimum Gasteiger partial charge on any atom is -0.467 e. The van der Waals surface area contributed by atoms with Crippen molar-refractivity contribution < 1.29 is 13.9 Å². The Morgan fingerprint density at radius 1 is 1.56 bits per heavy atom. The summed E-state index contributed by atoms with van der Waals surface area (Å²) in [6, 6.07) is 3.60. The van der Waals surface area contributed by atoms with Gasteiger partial charge in [-0.15, -0.1) is 0 Å². The number of carbonyl (C=O) groups is 1. The molecule has 6 nitrogen and oxygen atoms in total. The Labute approximate surface area is 104 Å². The molecule has 1 aliphatic rings. The van der Waals surface area contributed by atoms with Crippen molar-refractivity contribution in [1.82, 2.24) is 14.9 Å². The summed E-state index contributed by atoms with van der Waals surface area (Å²) in [6.07, 6.45) is 3.34. The molecule has 2 aromatic heterocycles. The summed E-state index contributed by atoms with van der Waals surface area (Å²) in [4.78, 5) is 16.1. The van der Waals surface area contributed by atoms with E-state index in [1.165, 1.54) is 0 Å². The van der Waals surface area contributed by atoms with Gasteiger partial charge >= 0.3 is 0 Å². The van der Waals surface area contributed by atoms with Gasteiger partial charge in [-0.3, -0.25) is 4.79 Å². The highest BCUT2D eigenvalue weighted by atomic mass is 16.5. The quantitative estimate of drug-likeness (QED) is 0.876. The number of amides is 1. The zero-order valence-corrected chi connectivity index (χ0v) is 9.76. The lowest BCUT2D eigenvalue weighted by molar-refractivity contribution is 0.0816. The first kappa shape index (κ1) is 11.0. The highest BCUT2D eigenvalue weighted by Crippen LogP contribution is 2.10. The summed E-state index contributed by atoms with van der Waals surface area (Å²) in [5.74, 6) is 1.31. The number of rotatable bonds is 3. The van der Waals surface area contributed by atoms with E-state index in [1.54, 1.807) is 18.5 Å². The van der Waals surface area contributed by atoms with Gasteiger partial charge in [-0.1, -0.05) is 0 Å². The number of aromatic nitrogens is 2. The van der Waals surface area contributed by atoms with Gasteiger partial charge in [0.15, 0.2) is 0 Å². The SMILES string of the molecule is O=C(NCc1ccco1)c1cn2c(n1)COCC2. The lowest BCUT2D eigenvalue weighted by Crippen LogP contribution is -2.22. The molecule has 1 aliphatic heterocycles. The molecule has 3 rings (SSSR count). The van der Waals surface area contributed by atoms with Gasteiger partial charge in [0.25, 0.3) is 5.91 Å². The smallest absolute Gasteiger partial charge is 0.271 e. The van der Waals surface area contributed by atoms with Crippen molar-refractivity contribution in [3.8, 4) is 0 Å². The van der Waals surface area contributed by atoms with E-state index in [0.717, 1.165) is 18.1 Å². The van der Waals surface area contributed by atoms with Crippen LogP contribution in [0, 0.1) is 0 Å². The molecule has 0 fully saturated rings. The number of furan rings is 1. The Bertz CT molecular complexity index is 521. The van der Waals surface area contributed by atoms with Crippen molar-refractivity contribution >= 4 is 5.91 Å². The van der Waals surface area contributed by atoms with Gasteiger partial charge in [0.1, 0.15) is 23.9 Å². The number of hydrogen-bond acceptors (Lipinski definition) is 4. The summed E-state index contributed by atoms with van der Waals surface area (Å²) in [5.41, 5.74) is 0.419. The van der Waals surface area contributed by atoms with Gasteiger partial charge in [-0.25, -0.2) is 4.98 Å². The third-order valence-corrected chi connectivity index (χ3v) is 2.80. The molecular formula is C12H13N3O3. The second-order valence-electron chi connectivity index (χ2n) is 4.05. The second-order valence-corrected chi connectivity index (χ2v) is 4.05. The maximum Gasteiger partial charge on any atom is 0.271 e. The van der Waals surface area contributed by atoms with Gasteiger partial charge in [-0.2, -0.15) is 0 Å². The molecule has 0 radical (unpaired) electrons. The summed E-state index contributed by atoms with van der Waals surface area (Å²) in [5, 5.41) is 2.76. The Balaban J connectivity index is 1.67. The summed E-state index contributed by atoms with van der Waals surface area (Å²) >= 11 is 0. The second kappa shape index (κ2) is 4.66. The summed E-state index contributed by atoms with van der Waals surface area (Å²) in [7, 11) is 0. The molecular weight excluding hydrogens is 234 g/mol. The fourth-order valence-electron chi connectivity index (χ4n) is 1.87. The molecule has 0 atom stereocenters. The molecule has 0 unspecified atom stereocenters. The van der Waals surface area contributed by atoms with Crippen LogP contribution in [0.25, 0.3) is 0 Å². The average molecular weight is 247 g/mol. The predicted molar refractivity (Wildman–Crippen MR) is 61.8 cm³/mol. The molecule has 1 N–H and O–H groups in total. The highest BCUT2D eigenvalue weighted by Gasteiger charge is 2.16. The molecule has 1 amide bonds. The van der Waals surface area contributed by atoms with Crippen LogP contribution in [0.5, 0.6) is 0 Å². The monoisotopic (exact) mass is 247 g/mol. The number of fused-ring (bicyclic) bond motifs is 1. The standard InChI is InChI=1S/C12H13N3O3/c16-12(13-6-9-2-1-4-18-9)10-7-15-3-5-17-8-11(15)14-10/h1-2,4,7H,3,5-6,8H2,(H,13,16). The van der Waals surface area contributed by atoms with Crippen molar-refractivity contribution in [2.24, 2.45) is 0 Å². The lowest BCUT2D eigenvalue weighted by atomic mass is 10.4. The number of ether oxygens (including phenoxy) is 1. The van der Waals surface area contributed by atoms with Gasteiger partial charge in [-0.05, 0) is 12.1 Å². The first-order valence-electron chi connectivity index (χ1n) is 5.77. The molecule has 0 bridgehead atoms. The molecule has 94 valence electrons. The number of carbonyl (C=O) groups excluding carboxylic acids is 1. The maximum atomic E-state index is 11.9. The van der Waals surface area contributed by atoms with Gasteiger partial charge in [0, 0.05) is 12.7 Å². The number of hydrogen-bond donors (Lipinski definition) is 1. The van der Waals surface area contributed by atoms with Crippen molar-refractivity contribution in [2.45, 2.75) is 19.7 Å². The van der Waals surface area contributed by atoms with Crippen LogP contribution < -0.4 is 5.32 Å². The topological polar surface area (TPSA) is 69.3 Å². The largest absolute Gasteiger partial charge is 0.467 e. The van der Waals surface area contributed by atoms with E-state index in [4.69, 9.17) is 9.15 Å². The third kappa shape index (κ3) is 2.14. The van der Waals surface area contributed by atoms with Crippen LogP contribution in [0.3, 0.4) is 0 Å². The predicted octanol–water partition coefficient (Wildman–Crippen LogP) is 0.936. The average Bonchev–Trinajstić information content (AvgIpc) is 3.04. The van der Waals surface area contributed by atoms with Crippen LogP contribution in [0.2, 0.25) is 0 Å². The normalized spacial score (nSPS) is 14.2. The van der Waals surface area contributed by atoms with Crippen LogP contribution in [-0.4, -0.2) is 22.1 Å². The molecule has 0 aromatic carbocycles. The Hall–Kier alpha value is -2.08. The zero-order valence-electron chi connectivity index (χ0n) is 9.76. The van der Waals surface area contributed by atoms with Crippen molar-refractivity contribution in [2.75, 3.05) is 6.61 Å². The van der Waals surface area contributed by atoms with Gasteiger partial charge in [0.2, 0.25) is 0 Å². The van der Waals surface area contributed by atoms with E-state index in [2.05, 4.69) is 10.3 Å². The molecule has 0 spiro atoms. The van der Waals surface area contributed by atoms with E-state index >= 15 is 0 Å². The van der Waals surface area contributed by atoms with E-state index in [1.807, 2.05) is 10.6 Å². The van der Waals surface area contributed by atoms with Gasteiger partial charge < -0.3 is 19.0 Å². The third-order valence-electron chi connectivity index (χ3n) is 2.80. The van der Waals surface area contributed by atoms with Crippen LogP contribution in [0.15, 0.2) is 29.0 Å². The molecule has 0 aliphatic carbocycles. The van der Waals surface area contributed by atoms with E-state index in [-0.39, 0.29) is 5.91 Å². The van der Waals surface area contributed by atoms with Gasteiger partial charge in [0.05, 0.1) is 19.4 Å². The molecule has 2 aromatic rings. The summed E-state index contributed by atoms with van der Waals surface area (Å²) < 4.78 is 12.4. The first-order valence-corrected chi connectivity index (χ1v) is 5.77. The lowest BCUT2D eigenvalue weighted by Gasteiger charge is -2.13. The minimum absolute atomic E-state index is 0.201. The Morgan fingerprint density at radius 3 is 3.28 bits per heavy atom. The van der Waals surface area contributed by atoms with Crippen molar-refractivity contribution in [1.29, 1.82) is 0 Å². The van der Waals surface area contributed by atoms with E-state index < -0.39 is 0 Å². The number of nitrogens with one attached hydrogen (secondary N) is 1. The number of nitrogens with zero attached hydrogens (tertiary/aromatic N) is 2. The molecule has 6 heteroatoms. The highest BCUT2D eigenvalue weighted by molar-refractivity contribution is 5.92. The van der Waals surface area contributed by atoms with Crippen LogP contribution in [0.1, 0.15) is 22.1 Å². The zero-order chi connectivity index (χ0) is 12.4. The van der Waals surface area contributed by atoms with Crippen molar-refractivity contribution in [3.05, 3.63) is 41.9 Å². The van der Waals surface area contributed by atoms with E-state index in [9.17, 15) is 4.79 Å². The molecule has 18 heavy (non-hydrogen) atoms. The fourth-order valence-corrected chi connectivity index (χ4v) is 1.87.